The molecule has 0 aliphatic rings. The first-order valence-corrected chi connectivity index (χ1v) is 3.43. The number of esters is 1. The van der Waals surface area contributed by atoms with Gasteiger partial charge in [0.15, 0.2) is 11.6 Å². The number of hydrogen-bond donors (Lipinski definition) is 1. The van der Waals surface area contributed by atoms with Crippen LogP contribution in [-0.4, -0.2) is 18.2 Å². The molecule has 1 aromatic rings. The van der Waals surface area contributed by atoms with Crippen molar-refractivity contribution in [2.24, 2.45) is 0 Å². The van der Waals surface area contributed by atoms with Crippen LogP contribution in [0.2, 0.25) is 0 Å². The molecule has 3 nitrogen and oxygen atoms in total. The average Bonchev–Trinajstić information content (AvgIpc) is 2.14. The Morgan fingerprint density at radius 2 is 1.93 bits per heavy atom. The number of phenols is 1. The number of hydrogen-bond acceptors (Lipinski definition) is 3. The van der Waals surface area contributed by atoms with Gasteiger partial charge in [-0.05, 0) is 0 Å². The maximum absolute atomic E-state index is 12.9. The highest BCUT2D eigenvalue weighted by molar-refractivity contribution is 5.90. The van der Waals surface area contributed by atoms with Crippen molar-refractivity contribution in [1.29, 1.82) is 0 Å². The summed E-state index contributed by atoms with van der Waals surface area (Å²) in [5, 5.41) is 8.65. The molecule has 6 heteroatoms. The van der Waals surface area contributed by atoms with Crippen molar-refractivity contribution in [2.75, 3.05) is 7.11 Å². The highest BCUT2D eigenvalue weighted by atomic mass is 19.2. The lowest BCUT2D eigenvalue weighted by atomic mass is 10.2. The number of halogens is 3. The Morgan fingerprint density at radius 3 is 2.43 bits per heavy atom. The Kier molecular flexibility index (Phi) is 2.64. The van der Waals surface area contributed by atoms with E-state index in [-0.39, 0.29) is 0 Å². The van der Waals surface area contributed by atoms with Gasteiger partial charge in [-0.25, -0.2) is 13.6 Å². The summed E-state index contributed by atoms with van der Waals surface area (Å²) >= 11 is 0. The lowest BCUT2D eigenvalue weighted by Gasteiger charge is -2.04. The first-order valence-electron chi connectivity index (χ1n) is 3.43. The summed E-state index contributed by atoms with van der Waals surface area (Å²) in [6.07, 6.45) is 0. The average molecular weight is 206 g/mol. The summed E-state index contributed by atoms with van der Waals surface area (Å²) in [5.41, 5.74) is -1.16. The van der Waals surface area contributed by atoms with Crippen LogP contribution >= 0.6 is 0 Å². The smallest absolute Gasteiger partial charge is 0.343 e. The van der Waals surface area contributed by atoms with Gasteiger partial charge in [-0.2, -0.15) is 4.39 Å². The van der Waals surface area contributed by atoms with Gasteiger partial charge in [-0.1, -0.05) is 0 Å². The molecular formula is C8H5F3O3. The second kappa shape index (κ2) is 3.57. The van der Waals surface area contributed by atoms with E-state index in [0.29, 0.717) is 6.07 Å². The van der Waals surface area contributed by atoms with E-state index in [4.69, 9.17) is 5.11 Å². The molecular weight excluding hydrogens is 201 g/mol. The lowest BCUT2D eigenvalue weighted by molar-refractivity contribution is 0.0588. The molecule has 0 unspecified atom stereocenters. The first-order chi connectivity index (χ1) is 6.49. The van der Waals surface area contributed by atoms with Gasteiger partial charge in [-0.3, -0.25) is 0 Å². The van der Waals surface area contributed by atoms with E-state index in [1.807, 2.05) is 0 Å². The molecule has 0 aliphatic heterocycles. The first kappa shape index (κ1) is 10.4. The van der Waals surface area contributed by atoms with Crippen LogP contribution in [-0.2, 0) is 4.74 Å². The summed E-state index contributed by atoms with van der Waals surface area (Å²) in [7, 11) is 0.895. The van der Waals surface area contributed by atoms with Crippen molar-refractivity contribution in [3.8, 4) is 5.75 Å². The quantitative estimate of drug-likeness (QED) is 0.560. The summed E-state index contributed by atoms with van der Waals surface area (Å²) in [4.78, 5) is 10.8. The molecule has 0 saturated heterocycles. The van der Waals surface area contributed by atoms with E-state index >= 15 is 0 Å². The van der Waals surface area contributed by atoms with Gasteiger partial charge in [0.25, 0.3) is 0 Å². The lowest BCUT2D eigenvalue weighted by Crippen LogP contribution is -2.09. The monoisotopic (exact) mass is 206 g/mol. The molecule has 0 bridgehead atoms. The van der Waals surface area contributed by atoms with Gasteiger partial charge < -0.3 is 9.84 Å². The van der Waals surface area contributed by atoms with Crippen LogP contribution < -0.4 is 0 Å². The Labute approximate surface area is 76.7 Å². The summed E-state index contributed by atoms with van der Waals surface area (Å²) in [6, 6.07) is 0.296. The Morgan fingerprint density at radius 1 is 1.36 bits per heavy atom. The van der Waals surface area contributed by atoms with Gasteiger partial charge in [0.05, 0.1) is 7.11 Å². The van der Waals surface area contributed by atoms with E-state index in [9.17, 15) is 18.0 Å². The van der Waals surface area contributed by atoms with Crippen LogP contribution in [0, 0.1) is 17.5 Å². The largest absolute Gasteiger partial charge is 0.505 e. The standard InChI is InChI=1S/C8H5F3O3/c1-14-8(13)5-3(9)2-4(12)6(10)7(5)11/h2,12H,1H3. The molecule has 0 aliphatic carbocycles. The molecule has 0 amide bonds. The van der Waals surface area contributed by atoms with Gasteiger partial charge in [0, 0.05) is 6.07 Å². The molecule has 0 heterocycles. The number of aromatic hydroxyl groups is 1. The van der Waals surface area contributed by atoms with E-state index in [0.717, 1.165) is 7.11 Å². The zero-order chi connectivity index (χ0) is 10.9. The third-order valence-electron chi connectivity index (χ3n) is 1.53. The minimum atomic E-state index is -1.77. The zero-order valence-corrected chi connectivity index (χ0v) is 6.97. The summed E-state index contributed by atoms with van der Waals surface area (Å²) in [5.74, 6) is -7.39. The van der Waals surface area contributed by atoms with Crippen molar-refractivity contribution in [3.63, 3.8) is 0 Å². The normalized spacial score (nSPS) is 10.0. The fourth-order valence-electron chi connectivity index (χ4n) is 0.872. The number of rotatable bonds is 1. The van der Waals surface area contributed by atoms with Crippen molar-refractivity contribution in [3.05, 3.63) is 29.1 Å². The number of carbonyl (C=O) groups is 1. The minimum absolute atomic E-state index is 0.296. The van der Waals surface area contributed by atoms with Crippen LogP contribution in [0.15, 0.2) is 6.07 Å². The molecule has 14 heavy (non-hydrogen) atoms. The predicted molar refractivity (Wildman–Crippen MR) is 39.3 cm³/mol. The van der Waals surface area contributed by atoms with Gasteiger partial charge >= 0.3 is 5.97 Å². The fourth-order valence-corrected chi connectivity index (χ4v) is 0.872. The topological polar surface area (TPSA) is 46.5 Å². The summed E-state index contributed by atoms with van der Waals surface area (Å²) < 4.78 is 42.4. The number of methoxy groups -OCH3 is 1. The van der Waals surface area contributed by atoms with Gasteiger partial charge in [0.1, 0.15) is 11.4 Å². The Bertz CT molecular complexity index is 390. The SMILES string of the molecule is COC(=O)c1c(F)cc(O)c(F)c1F. The second-order valence-corrected chi connectivity index (χ2v) is 2.37. The van der Waals surface area contributed by atoms with Gasteiger partial charge in [-0.15, -0.1) is 0 Å². The number of benzene rings is 1. The van der Waals surface area contributed by atoms with Crippen LogP contribution in [0.5, 0.6) is 5.75 Å². The number of ether oxygens (including phenoxy) is 1. The minimum Gasteiger partial charge on any atom is -0.505 e. The molecule has 1 N–H and O–H groups in total. The molecule has 0 saturated carbocycles. The third-order valence-corrected chi connectivity index (χ3v) is 1.53. The van der Waals surface area contributed by atoms with E-state index in [2.05, 4.69) is 4.74 Å². The second-order valence-electron chi connectivity index (χ2n) is 2.37. The third kappa shape index (κ3) is 1.50. The van der Waals surface area contributed by atoms with E-state index in [1.54, 1.807) is 0 Å². The number of phenolic OH excluding ortho intramolecular Hbond substituents is 1. The van der Waals surface area contributed by atoms with Gasteiger partial charge in [0.2, 0.25) is 5.82 Å². The maximum atomic E-state index is 12.9. The van der Waals surface area contributed by atoms with Crippen molar-refractivity contribution in [2.45, 2.75) is 0 Å². The molecule has 1 aromatic carbocycles. The van der Waals surface area contributed by atoms with Crippen LogP contribution in [0.25, 0.3) is 0 Å². The molecule has 0 fully saturated rings. The van der Waals surface area contributed by atoms with Crippen LogP contribution in [0.3, 0.4) is 0 Å². The maximum Gasteiger partial charge on any atom is 0.343 e. The fraction of sp³-hybridized carbons (Fsp3) is 0.125. The number of carbonyl (C=O) groups excluding carboxylic acids is 1. The van der Waals surface area contributed by atoms with Crippen LogP contribution in [0.4, 0.5) is 13.2 Å². The highest BCUT2D eigenvalue weighted by Crippen LogP contribution is 2.24. The molecule has 76 valence electrons. The van der Waals surface area contributed by atoms with Crippen molar-refractivity contribution < 1.29 is 27.8 Å². The summed E-state index contributed by atoms with van der Waals surface area (Å²) in [6.45, 7) is 0. The van der Waals surface area contributed by atoms with Crippen molar-refractivity contribution >= 4 is 5.97 Å². The zero-order valence-electron chi connectivity index (χ0n) is 6.97. The molecule has 0 spiro atoms. The predicted octanol–water partition coefficient (Wildman–Crippen LogP) is 1.60. The molecule has 0 radical (unpaired) electrons. The van der Waals surface area contributed by atoms with E-state index in [1.165, 1.54) is 0 Å². The van der Waals surface area contributed by atoms with E-state index < -0.39 is 34.7 Å². The van der Waals surface area contributed by atoms with Crippen molar-refractivity contribution in [1.82, 2.24) is 0 Å². The molecule has 0 aromatic heterocycles. The Balaban J connectivity index is 3.44. The highest BCUT2D eigenvalue weighted by Gasteiger charge is 2.24. The molecule has 0 atom stereocenters. The van der Waals surface area contributed by atoms with Crippen LogP contribution in [0.1, 0.15) is 10.4 Å². The Hall–Kier alpha value is -1.72. The molecule has 1 rings (SSSR count).